The minimum absolute atomic E-state index is 0.169. The number of aromatic nitrogens is 4. The molecule has 0 fully saturated rings. The van der Waals surface area contributed by atoms with Gasteiger partial charge in [-0.05, 0) is 0 Å². The van der Waals surface area contributed by atoms with Crippen molar-refractivity contribution in [2.45, 2.75) is 26.2 Å². The van der Waals surface area contributed by atoms with Crippen LogP contribution in [0.4, 0.5) is 0 Å². The van der Waals surface area contributed by atoms with E-state index in [0.29, 0.717) is 17.0 Å². The third-order valence-corrected chi connectivity index (χ3v) is 2.01. The Balaban J connectivity index is 2.77. The molecule has 0 aliphatic heterocycles. The molecule has 0 amide bonds. The maximum absolute atomic E-state index is 11.5. The molecular weight excluding hydrogens is 180 g/mol. The van der Waals surface area contributed by atoms with Crippen LogP contribution < -0.4 is 5.56 Å². The fourth-order valence-electron chi connectivity index (χ4n) is 1.20. The zero-order valence-corrected chi connectivity index (χ0v) is 8.38. The topological polar surface area (TPSA) is 74.4 Å². The first-order valence-corrected chi connectivity index (χ1v) is 4.42. The summed E-state index contributed by atoms with van der Waals surface area (Å²) in [5.74, 6) is 0.655. The lowest BCUT2D eigenvalue weighted by atomic mass is 9.96. The van der Waals surface area contributed by atoms with E-state index in [0.717, 1.165) is 0 Å². The highest BCUT2D eigenvalue weighted by atomic mass is 16.1. The number of fused-ring (bicyclic) bond motifs is 1. The van der Waals surface area contributed by atoms with Crippen molar-refractivity contribution in [1.82, 2.24) is 19.9 Å². The number of aromatic amines is 2. The van der Waals surface area contributed by atoms with Crippen molar-refractivity contribution in [3.05, 3.63) is 22.5 Å². The first kappa shape index (κ1) is 8.93. The number of H-pyrrole nitrogens is 2. The molecule has 2 heterocycles. The molecule has 0 atom stereocenters. The van der Waals surface area contributed by atoms with Crippen molar-refractivity contribution >= 4 is 11.2 Å². The first-order chi connectivity index (χ1) is 6.48. The molecule has 0 aliphatic rings. The summed E-state index contributed by atoms with van der Waals surface area (Å²) < 4.78 is 0. The molecule has 0 unspecified atom stereocenters. The number of rotatable bonds is 0. The number of nitrogens with one attached hydrogen (secondary N) is 2. The van der Waals surface area contributed by atoms with Crippen LogP contribution in [0.1, 0.15) is 26.6 Å². The Labute approximate surface area is 80.6 Å². The van der Waals surface area contributed by atoms with Crippen molar-refractivity contribution in [2.24, 2.45) is 0 Å². The molecule has 0 radical (unpaired) electrons. The minimum atomic E-state index is -0.174. The van der Waals surface area contributed by atoms with Gasteiger partial charge in [-0.25, -0.2) is 9.97 Å². The van der Waals surface area contributed by atoms with Crippen molar-refractivity contribution < 1.29 is 0 Å². The Morgan fingerprint density at radius 2 is 2.07 bits per heavy atom. The molecule has 2 aromatic rings. The maximum Gasteiger partial charge on any atom is 0.276 e. The minimum Gasteiger partial charge on any atom is -0.339 e. The Kier molecular flexibility index (Phi) is 1.70. The van der Waals surface area contributed by atoms with E-state index in [9.17, 15) is 4.79 Å². The normalized spacial score (nSPS) is 12.2. The quantitative estimate of drug-likeness (QED) is 0.652. The van der Waals surface area contributed by atoms with Gasteiger partial charge in [0.25, 0.3) is 5.56 Å². The van der Waals surface area contributed by atoms with E-state index in [1.165, 1.54) is 6.33 Å². The summed E-state index contributed by atoms with van der Waals surface area (Å²) in [7, 11) is 0. The SMILES string of the molecule is CC(C)(C)c1nc2nc[nH]c2c(=O)[nH]1. The fourth-order valence-corrected chi connectivity index (χ4v) is 1.20. The lowest BCUT2D eigenvalue weighted by Gasteiger charge is -2.16. The summed E-state index contributed by atoms with van der Waals surface area (Å²) in [6, 6.07) is 0. The van der Waals surface area contributed by atoms with Gasteiger partial charge in [-0.2, -0.15) is 0 Å². The molecule has 14 heavy (non-hydrogen) atoms. The van der Waals surface area contributed by atoms with Gasteiger partial charge in [-0.15, -0.1) is 0 Å². The smallest absolute Gasteiger partial charge is 0.276 e. The van der Waals surface area contributed by atoms with E-state index in [-0.39, 0.29) is 11.0 Å². The van der Waals surface area contributed by atoms with Crippen LogP contribution in [-0.2, 0) is 5.41 Å². The number of nitrogens with zero attached hydrogens (tertiary/aromatic N) is 2. The van der Waals surface area contributed by atoms with E-state index in [1.807, 2.05) is 20.8 Å². The number of hydrogen-bond acceptors (Lipinski definition) is 3. The van der Waals surface area contributed by atoms with Gasteiger partial charge in [0.15, 0.2) is 11.2 Å². The second-order valence-electron chi connectivity index (χ2n) is 4.27. The van der Waals surface area contributed by atoms with Gasteiger partial charge < -0.3 is 9.97 Å². The summed E-state index contributed by atoms with van der Waals surface area (Å²) in [5, 5.41) is 0. The maximum atomic E-state index is 11.5. The van der Waals surface area contributed by atoms with Crippen LogP contribution in [0.15, 0.2) is 11.1 Å². The molecule has 0 saturated carbocycles. The molecule has 0 bridgehead atoms. The van der Waals surface area contributed by atoms with Crippen LogP contribution >= 0.6 is 0 Å². The Hall–Kier alpha value is -1.65. The largest absolute Gasteiger partial charge is 0.339 e. The first-order valence-electron chi connectivity index (χ1n) is 4.42. The fraction of sp³-hybridized carbons (Fsp3) is 0.444. The summed E-state index contributed by atoms with van der Waals surface area (Å²) in [4.78, 5) is 25.3. The summed E-state index contributed by atoms with van der Waals surface area (Å²) >= 11 is 0. The highest BCUT2D eigenvalue weighted by molar-refractivity contribution is 5.68. The average Bonchev–Trinajstić information content (AvgIpc) is 2.50. The average molecular weight is 192 g/mol. The highest BCUT2D eigenvalue weighted by Gasteiger charge is 2.18. The standard InChI is InChI=1S/C9H12N4O/c1-9(2,3)8-12-6-5(7(14)13-8)10-4-11-6/h4H,1-3H3,(H2,10,11,12,13,14). The molecule has 2 aromatic heterocycles. The van der Waals surface area contributed by atoms with E-state index in [2.05, 4.69) is 19.9 Å². The van der Waals surface area contributed by atoms with Gasteiger partial charge in [0, 0.05) is 5.41 Å². The molecule has 5 nitrogen and oxygen atoms in total. The number of hydrogen-bond donors (Lipinski definition) is 2. The molecule has 0 aliphatic carbocycles. The molecular formula is C9H12N4O. The van der Waals surface area contributed by atoms with Crippen LogP contribution in [0.5, 0.6) is 0 Å². The van der Waals surface area contributed by atoms with E-state index < -0.39 is 0 Å². The molecule has 0 aromatic carbocycles. The highest BCUT2D eigenvalue weighted by Crippen LogP contribution is 2.17. The van der Waals surface area contributed by atoms with Crippen molar-refractivity contribution in [3.8, 4) is 0 Å². The third-order valence-electron chi connectivity index (χ3n) is 2.01. The Morgan fingerprint density at radius 3 is 2.71 bits per heavy atom. The van der Waals surface area contributed by atoms with Crippen LogP contribution in [0, 0.1) is 0 Å². The van der Waals surface area contributed by atoms with E-state index in [4.69, 9.17) is 0 Å². The van der Waals surface area contributed by atoms with Crippen molar-refractivity contribution in [2.75, 3.05) is 0 Å². The van der Waals surface area contributed by atoms with Gasteiger partial charge in [-0.3, -0.25) is 4.79 Å². The van der Waals surface area contributed by atoms with E-state index in [1.54, 1.807) is 0 Å². The van der Waals surface area contributed by atoms with Crippen LogP contribution in [0.3, 0.4) is 0 Å². The zero-order valence-electron chi connectivity index (χ0n) is 8.38. The Bertz CT molecular complexity index is 517. The lowest BCUT2D eigenvalue weighted by molar-refractivity contribution is 0.545. The van der Waals surface area contributed by atoms with Gasteiger partial charge in [-0.1, -0.05) is 20.8 Å². The summed E-state index contributed by atoms with van der Waals surface area (Å²) in [6.45, 7) is 5.97. The van der Waals surface area contributed by atoms with Gasteiger partial charge in [0.2, 0.25) is 0 Å². The predicted octanol–water partition coefficient (Wildman–Crippen LogP) is 0.944. The number of imidazole rings is 1. The molecule has 2 rings (SSSR count). The van der Waals surface area contributed by atoms with Crippen LogP contribution in [-0.4, -0.2) is 19.9 Å². The molecule has 2 N–H and O–H groups in total. The Morgan fingerprint density at radius 1 is 1.36 bits per heavy atom. The molecule has 74 valence electrons. The molecule has 5 heteroatoms. The van der Waals surface area contributed by atoms with Crippen LogP contribution in [0.25, 0.3) is 11.2 Å². The van der Waals surface area contributed by atoms with Crippen LogP contribution in [0.2, 0.25) is 0 Å². The monoisotopic (exact) mass is 192 g/mol. The second-order valence-corrected chi connectivity index (χ2v) is 4.27. The van der Waals surface area contributed by atoms with Crippen molar-refractivity contribution in [3.63, 3.8) is 0 Å². The molecule has 0 spiro atoms. The van der Waals surface area contributed by atoms with Gasteiger partial charge >= 0.3 is 0 Å². The van der Waals surface area contributed by atoms with Gasteiger partial charge in [0.05, 0.1) is 6.33 Å². The third kappa shape index (κ3) is 1.30. The zero-order chi connectivity index (χ0) is 10.3. The van der Waals surface area contributed by atoms with E-state index >= 15 is 0 Å². The summed E-state index contributed by atoms with van der Waals surface area (Å²) in [6.07, 6.45) is 1.47. The second kappa shape index (κ2) is 2.67. The lowest BCUT2D eigenvalue weighted by Crippen LogP contribution is -2.22. The van der Waals surface area contributed by atoms with Crippen molar-refractivity contribution in [1.29, 1.82) is 0 Å². The predicted molar refractivity (Wildman–Crippen MR) is 53.2 cm³/mol. The summed E-state index contributed by atoms with van der Waals surface area (Å²) in [5.41, 5.74) is 0.556. The van der Waals surface area contributed by atoms with Gasteiger partial charge in [0.1, 0.15) is 5.82 Å². The molecule has 0 saturated heterocycles.